The summed E-state index contributed by atoms with van der Waals surface area (Å²) in [6.07, 6.45) is -3.47. The lowest BCUT2D eigenvalue weighted by molar-refractivity contribution is -0.159. The summed E-state index contributed by atoms with van der Waals surface area (Å²) >= 11 is 0. The number of nitrogens with zero attached hydrogens (tertiary/aromatic N) is 2. The number of rotatable bonds is 5. The molecule has 1 amide bonds. The number of amides is 1. The highest BCUT2D eigenvalue weighted by Crippen LogP contribution is 2.30. The van der Waals surface area contributed by atoms with E-state index in [9.17, 15) is 23.1 Å². The Kier molecular flexibility index (Phi) is 5.47. The van der Waals surface area contributed by atoms with Crippen molar-refractivity contribution in [1.29, 1.82) is 0 Å². The van der Waals surface area contributed by atoms with Crippen LogP contribution in [0, 0.1) is 5.41 Å². The molecule has 0 spiro atoms. The van der Waals surface area contributed by atoms with Gasteiger partial charge in [-0.05, 0) is 25.0 Å². The van der Waals surface area contributed by atoms with Crippen LogP contribution >= 0.6 is 0 Å². The topological polar surface area (TPSA) is 97.5 Å². The number of halogens is 3. The maximum Gasteiger partial charge on any atom is 0.471 e. The summed E-state index contributed by atoms with van der Waals surface area (Å²) in [5.41, 5.74) is 0.0386. The van der Waals surface area contributed by atoms with E-state index in [0.29, 0.717) is 26.1 Å². The molecule has 0 aliphatic carbocycles. The van der Waals surface area contributed by atoms with E-state index in [1.165, 1.54) is 24.3 Å². The molecule has 1 aromatic heterocycles. The molecule has 146 valence electrons. The van der Waals surface area contributed by atoms with Crippen LogP contribution in [0.15, 0.2) is 28.8 Å². The number of hydrogen-bond acceptors (Lipinski definition) is 6. The normalized spacial score (nSPS) is 16.9. The van der Waals surface area contributed by atoms with Crippen LogP contribution in [0.1, 0.15) is 29.1 Å². The zero-order chi connectivity index (χ0) is 19.5. The van der Waals surface area contributed by atoms with Gasteiger partial charge in [-0.15, -0.1) is 0 Å². The minimum absolute atomic E-state index is 0.0697. The first-order valence-corrected chi connectivity index (χ1v) is 8.31. The highest BCUT2D eigenvalue weighted by molar-refractivity contribution is 5.95. The van der Waals surface area contributed by atoms with Crippen molar-refractivity contribution in [1.82, 2.24) is 15.5 Å². The molecule has 2 N–H and O–H groups in total. The minimum atomic E-state index is -4.73. The average molecular weight is 385 g/mol. The molecule has 27 heavy (non-hydrogen) atoms. The second-order valence-electron chi connectivity index (χ2n) is 6.45. The third-order valence-electron chi connectivity index (χ3n) is 4.56. The number of aromatic nitrogens is 2. The lowest BCUT2D eigenvalue weighted by atomic mass is 9.81. The SMILES string of the molecule is O=C(NCC1(CO)CCOCC1)c1cccc(-c2noc(C(F)(F)F)n2)c1. The summed E-state index contributed by atoms with van der Waals surface area (Å²) in [5.74, 6) is -2.11. The summed E-state index contributed by atoms with van der Waals surface area (Å²) in [5, 5.41) is 15.7. The highest BCUT2D eigenvalue weighted by atomic mass is 19.4. The van der Waals surface area contributed by atoms with Gasteiger partial charge < -0.3 is 19.7 Å². The quantitative estimate of drug-likeness (QED) is 0.820. The maximum absolute atomic E-state index is 12.6. The Morgan fingerprint density at radius 2 is 2.04 bits per heavy atom. The van der Waals surface area contributed by atoms with Crippen molar-refractivity contribution < 1.29 is 32.3 Å². The third kappa shape index (κ3) is 4.45. The summed E-state index contributed by atoms with van der Waals surface area (Å²) in [4.78, 5) is 15.7. The predicted molar refractivity (Wildman–Crippen MR) is 86.6 cm³/mol. The van der Waals surface area contributed by atoms with Gasteiger partial charge in [-0.2, -0.15) is 18.2 Å². The van der Waals surface area contributed by atoms with E-state index >= 15 is 0 Å². The minimum Gasteiger partial charge on any atom is -0.396 e. The standard InChI is InChI=1S/C17H18F3N3O4/c18-17(19,20)15-22-13(23-27-15)11-2-1-3-12(8-11)14(25)21-9-16(10-24)4-6-26-7-5-16/h1-3,8,24H,4-7,9-10H2,(H,21,25). The van der Waals surface area contributed by atoms with E-state index in [1.807, 2.05) is 0 Å². The summed E-state index contributed by atoms with van der Waals surface area (Å²) in [7, 11) is 0. The van der Waals surface area contributed by atoms with Gasteiger partial charge in [-0.1, -0.05) is 17.3 Å². The fourth-order valence-electron chi connectivity index (χ4n) is 2.82. The van der Waals surface area contributed by atoms with Crippen molar-refractivity contribution in [3.8, 4) is 11.4 Å². The van der Waals surface area contributed by atoms with Gasteiger partial charge in [0.25, 0.3) is 5.91 Å². The molecule has 1 aliphatic rings. The molecule has 0 unspecified atom stereocenters. The number of ether oxygens (including phenoxy) is 1. The van der Waals surface area contributed by atoms with Crippen molar-refractivity contribution in [3.63, 3.8) is 0 Å². The lowest BCUT2D eigenvalue weighted by Crippen LogP contribution is -2.43. The van der Waals surface area contributed by atoms with Crippen LogP contribution in [0.3, 0.4) is 0 Å². The number of nitrogens with one attached hydrogen (secondary N) is 1. The Morgan fingerprint density at radius 3 is 2.67 bits per heavy atom. The summed E-state index contributed by atoms with van der Waals surface area (Å²) < 4.78 is 47.2. The van der Waals surface area contributed by atoms with Crippen LogP contribution in [-0.4, -0.2) is 47.5 Å². The molecule has 3 rings (SSSR count). The van der Waals surface area contributed by atoms with Crippen molar-refractivity contribution in [2.45, 2.75) is 19.0 Å². The van der Waals surface area contributed by atoms with Crippen molar-refractivity contribution >= 4 is 5.91 Å². The zero-order valence-corrected chi connectivity index (χ0v) is 14.3. The predicted octanol–water partition coefficient (Wildman–Crippen LogP) is 2.27. The molecule has 10 heteroatoms. The number of hydrogen-bond donors (Lipinski definition) is 2. The lowest BCUT2D eigenvalue weighted by Gasteiger charge is -2.35. The van der Waals surface area contributed by atoms with Crippen LogP contribution in [-0.2, 0) is 10.9 Å². The van der Waals surface area contributed by atoms with Gasteiger partial charge in [-0.25, -0.2) is 0 Å². The summed E-state index contributed by atoms with van der Waals surface area (Å²) in [6.45, 7) is 1.24. The second kappa shape index (κ2) is 7.65. The van der Waals surface area contributed by atoms with Crippen molar-refractivity contribution in [2.75, 3.05) is 26.4 Å². The molecule has 0 radical (unpaired) electrons. The van der Waals surface area contributed by atoms with E-state index < -0.39 is 23.4 Å². The van der Waals surface area contributed by atoms with Gasteiger partial charge in [0.05, 0.1) is 6.61 Å². The van der Waals surface area contributed by atoms with Crippen molar-refractivity contribution in [3.05, 3.63) is 35.7 Å². The van der Waals surface area contributed by atoms with Gasteiger partial charge in [0.15, 0.2) is 0 Å². The Balaban J connectivity index is 1.71. The molecule has 1 fully saturated rings. The summed E-state index contributed by atoms with van der Waals surface area (Å²) in [6, 6.07) is 5.91. The number of carbonyl (C=O) groups is 1. The zero-order valence-electron chi connectivity index (χ0n) is 14.3. The molecule has 7 nitrogen and oxygen atoms in total. The Hall–Kier alpha value is -2.46. The number of aliphatic hydroxyl groups is 1. The van der Waals surface area contributed by atoms with Crippen LogP contribution in [0.4, 0.5) is 13.2 Å². The van der Waals surface area contributed by atoms with Gasteiger partial charge in [0, 0.05) is 36.3 Å². The molecule has 1 aromatic carbocycles. The van der Waals surface area contributed by atoms with Crippen LogP contribution in [0.25, 0.3) is 11.4 Å². The number of carbonyl (C=O) groups excluding carboxylic acids is 1. The molecule has 1 aliphatic heterocycles. The molecule has 0 saturated carbocycles. The second-order valence-corrected chi connectivity index (χ2v) is 6.45. The van der Waals surface area contributed by atoms with Gasteiger partial charge in [0.2, 0.25) is 5.82 Å². The molecule has 2 heterocycles. The van der Waals surface area contributed by atoms with Gasteiger partial charge in [0.1, 0.15) is 0 Å². The molecular weight excluding hydrogens is 367 g/mol. The first-order valence-electron chi connectivity index (χ1n) is 8.31. The molecule has 1 saturated heterocycles. The van der Waals surface area contributed by atoms with E-state index in [1.54, 1.807) is 0 Å². The number of alkyl halides is 3. The highest BCUT2D eigenvalue weighted by Gasteiger charge is 2.38. The van der Waals surface area contributed by atoms with E-state index in [-0.39, 0.29) is 30.1 Å². The first kappa shape index (κ1) is 19.3. The third-order valence-corrected chi connectivity index (χ3v) is 4.56. The number of benzene rings is 1. The van der Waals surface area contributed by atoms with Crippen molar-refractivity contribution in [2.24, 2.45) is 5.41 Å². The average Bonchev–Trinajstić information content (AvgIpc) is 3.18. The van der Waals surface area contributed by atoms with E-state index in [4.69, 9.17) is 4.74 Å². The molecular formula is C17H18F3N3O4. The fraction of sp³-hybridized carbons (Fsp3) is 0.471. The van der Waals surface area contributed by atoms with Crippen LogP contribution in [0.5, 0.6) is 0 Å². The van der Waals surface area contributed by atoms with E-state index in [0.717, 1.165) is 0 Å². The monoisotopic (exact) mass is 385 g/mol. The molecule has 2 aromatic rings. The Labute approximate surface area is 152 Å². The maximum atomic E-state index is 12.6. The largest absolute Gasteiger partial charge is 0.471 e. The number of aliphatic hydroxyl groups excluding tert-OH is 1. The smallest absolute Gasteiger partial charge is 0.396 e. The van der Waals surface area contributed by atoms with Gasteiger partial charge in [-0.3, -0.25) is 4.79 Å². The van der Waals surface area contributed by atoms with Crippen LogP contribution < -0.4 is 5.32 Å². The Morgan fingerprint density at radius 1 is 1.30 bits per heavy atom. The molecule has 0 atom stereocenters. The fourth-order valence-corrected chi connectivity index (χ4v) is 2.82. The van der Waals surface area contributed by atoms with E-state index in [2.05, 4.69) is 20.0 Å². The first-order chi connectivity index (χ1) is 12.8. The van der Waals surface area contributed by atoms with Crippen LogP contribution in [0.2, 0.25) is 0 Å². The van der Waals surface area contributed by atoms with Gasteiger partial charge >= 0.3 is 12.1 Å². The Bertz CT molecular complexity index is 801. The molecule has 0 bridgehead atoms.